The second kappa shape index (κ2) is 9.68. The van der Waals surface area contributed by atoms with E-state index < -0.39 is 53.3 Å². The molecule has 0 bridgehead atoms. The summed E-state index contributed by atoms with van der Waals surface area (Å²) >= 11 is 0. The first kappa shape index (κ1) is 24.7. The Morgan fingerprint density at radius 3 is 2.06 bits per heavy atom. The molecule has 1 saturated carbocycles. The SMILES string of the molecule is COc1ccc([C@H]2[C@@H](C(=O)OC(C)C)C(=O)C[C@@](C)(O)[C@@H]2C(=O)OC(C)C)cc1OC. The molecule has 8 heteroatoms. The number of hydrogen-bond acceptors (Lipinski definition) is 8. The molecule has 0 radical (unpaired) electrons. The second-order valence-corrected chi connectivity index (χ2v) is 8.57. The Balaban J connectivity index is 2.69. The Kier molecular flexibility index (Phi) is 7.70. The van der Waals surface area contributed by atoms with Crippen LogP contribution in [0.1, 0.15) is 52.5 Å². The van der Waals surface area contributed by atoms with Crippen LogP contribution in [0.5, 0.6) is 11.5 Å². The molecule has 0 spiro atoms. The first-order valence-electron chi connectivity index (χ1n) is 10.3. The predicted molar refractivity (Wildman–Crippen MR) is 112 cm³/mol. The number of ketones is 1. The molecule has 31 heavy (non-hydrogen) atoms. The summed E-state index contributed by atoms with van der Waals surface area (Å²) in [6.45, 7) is 8.15. The third-order valence-electron chi connectivity index (χ3n) is 5.27. The Morgan fingerprint density at radius 2 is 1.55 bits per heavy atom. The van der Waals surface area contributed by atoms with Gasteiger partial charge in [-0.1, -0.05) is 6.07 Å². The number of esters is 2. The van der Waals surface area contributed by atoms with Crippen molar-refractivity contribution < 1.29 is 38.4 Å². The normalized spacial score (nSPS) is 26.0. The van der Waals surface area contributed by atoms with E-state index in [1.54, 1.807) is 45.9 Å². The van der Waals surface area contributed by atoms with Gasteiger partial charge < -0.3 is 24.1 Å². The molecule has 0 amide bonds. The van der Waals surface area contributed by atoms with Crippen LogP contribution in [0.2, 0.25) is 0 Å². The van der Waals surface area contributed by atoms with Crippen LogP contribution in [0.3, 0.4) is 0 Å². The Labute approximate surface area is 182 Å². The highest BCUT2D eigenvalue weighted by molar-refractivity contribution is 6.02. The van der Waals surface area contributed by atoms with Crippen molar-refractivity contribution in [1.82, 2.24) is 0 Å². The zero-order chi connectivity index (χ0) is 23.5. The fraction of sp³-hybridized carbons (Fsp3) is 0.609. The van der Waals surface area contributed by atoms with Crippen molar-refractivity contribution in [2.24, 2.45) is 11.8 Å². The number of methoxy groups -OCH3 is 2. The lowest BCUT2D eigenvalue weighted by Gasteiger charge is -2.44. The summed E-state index contributed by atoms with van der Waals surface area (Å²) in [7, 11) is 2.94. The summed E-state index contributed by atoms with van der Waals surface area (Å²) < 4.78 is 21.4. The van der Waals surface area contributed by atoms with Crippen molar-refractivity contribution in [3.05, 3.63) is 23.8 Å². The van der Waals surface area contributed by atoms with Gasteiger partial charge in [-0.15, -0.1) is 0 Å². The molecule has 4 atom stereocenters. The number of rotatable bonds is 7. The molecular weight excluding hydrogens is 404 g/mol. The number of carbonyl (C=O) groups excluding carboxylic acids is 3. The summed E-state index contributed by atoms with van der Waals surface area (Å²) in [6.07, 6.45) is -1.25. The number of benzene rings is 1. The van der Waals surface area contributed by atoms with Crippen molar-refractivity contribution in [2.75, 3.05) is 14.2 Å². The summed E-state index contributed by atoms with van der Waals surface area (Å²) in [5.41, 5.74) is -1.25. The predicted octanol–water partition coefficient (Wildman–Crippen LogP) is 2.65. The molecule has 1 aliphatic rings. The van der Waals surface area contributed by atoms with Crippen molar-refractivity contribution >= 4 is 17.7 Å². The molecule has 172 valence electrons. The van der Waals surface area contributed by atoms with Crippen LogP contribution in [0, 0.1) is 11.8 Å². The van der Waals surface area contributed by atoms with Crippen LogP contribution < -0.4 is 9.47 Å². The highest BCUT2D eigenvalue weighted by atomic mass is 16.5. The highest BCUT2D eigenvalue weighted by Gasteiger charge is 2.57. The fourth-order valence-corrected chi connectivity index (χ4v) is 4.09. The lowest BCUT2D eigenvalue weighted by Crippen LogP contribution is -2.55. The van der Waals surface area contributed by atoms with E-state index in [4.69, 9.17) is 18.9 Å². The molecule has 1 aliphatic carbocycles. The molecule has 0 heterocycles. The Hall–Kier alpha value is -2.61. The van der Waals surface area contributed by atoms with Crippen molar-refractivity contribution in [3.8, 4) is 11.5 Å². The van der Waals surface area contributed by atoms with Gasteiger partial charge in [0, 0.05) is 12.3 Å². The van der Waals surface area contributed by atoms with E-state index in [9.17, 15) is 19.5 Å². The lowest BCUT2D eigenvalue weighted by molar-refractivity contribution is -0.176. The van der Waals surface area contributed by atoms with E-state index in [0.717, 1.165) is 0 Å². The Morgan fingerprint density at radius 1 is 1.00 bits per heavy atom. The third kappa shape index (κ3) is 5.36. The smallest absolute Gasteiger partial charge is 0.317 e. The van der Waals surface area contributed by atoms with Gasteiger partial charge in [-0.25, -0.2) is 0 Å². The molecule has 0 aliphatic heterocycles. The molecule has 1 aromatic rings. The van der Waals surface area contributed by atoms with Crippen LogP contribution >= 0.6 is 0 Å². The summed E-state index contributed by atoms with van der Waals surface area (Å²) in [5, 5.41) is 11.1. The number of hydrogen-bond donors (Lipinski definition) is 1. The molecule has 2 rings (SSSR count). The largest absolute Gasteiger partial charge is 0.493 e. The number of carbonyl (C=O) groups is 3. The lowest BCUT2D eigenvalue weighted by atomic mass is 9.61. The minimum absolute atomic E-state index is 0.365. The third-order valence-corrected chi connectivity index (χ3v) is 5.27. The van der Waals surface area contributed by atoms with Gasteiger partial charge in [0.25, 0.3) is 0 Å². The monoisotopic (exact) mass is 436 g/mol. The molecular formula is C23H32O8. The topological polar surface area (TPSA) is 108 Å². The quantitative estimate of drug-likeness (QED) is 0.513. The molecule has 0 aromatic heterocycles. The van der Waals surface area contributed by atoms with E-state index in [1.165, 1.54) is 21.1 Å². The minimum Gasteiger partial charge on any atom is -0.493 e. The van der Waals surface area contributed by atoms with Gasteiger partial charge in [0.15, 0.2) is 17.3 Å². The Bertz CT molecular complexity index is 819. The average molecular weight is 437 g/mol. The van der Waals surface area contributed by atoms with Crippen LogP contribution in [-0.2, 0) is 23.9 Å². The molecule has 1 N–H and O–H groups in total. The van der Waals surface area contributed by atoms with Gasteiger partial charge in [0.05, 0.1) is 37.9 Å². The van der Waals surface area contributed by atoms with Gasteiger partial charge in [-0.05, 0) is 52.3 Å². The van der Waals surface area contributed by atoms with Gasteiger partial charge >= 0.3 is 11.9 Å². The second-order valence-electron chi connectivity index (χ2n) is 8.57. The van der Waals surface area contributed by atoms with Gasteiger partial charge in [0.2, 0.25) is 0 Å². The van der Waals surface area contributed by atoms with Crippen LogP contribution in [0.4, 0.5) is 0 Å². The number of Topliss-reactive ketones (excluding diaryl/α,β-unsaturated/α-hetero) is 1. The zero-order valence-corrected chi connectivity index (χ0v) is 19.1. The summed E-state index contributed by atoms with van der Waals surface area (Å²) in [4.78, 5) is 39.0. The maximum Gasteiger partial charge on any atom is 0.317 e. The standard InChI is InChI=1S/C23H32O8/c1-12(2)30-21(25)19-15(24)11-23(5,27)20(22(26)31-13(3)4)18(19)14-8-9-16(28-6)17(10-14)29-7/h8-10,12-13,18-20,27H,11H2,1-7H3/t18-,19-,20-,23+/m0/s1. The van der Waals surface area contributed by atoms with Crippen molar-refractivity contribution in [1.29, 1.82) is 0 Å². The van der Waals surface area contributed by atoms with Crippen LogP contribution in [-0.4, -0.2) is 54.9 Å². The summed E-state index contributed by atoms with van der Waals surface area (Å²) in [6, 6.07) is 4.87. The van der Waals surface area contributed by atoms with E-state index in [-0.39, 0.29) is 6.42 Å². The maximum atomic E-state index is 13.1. The van der Waals surface area contributed by atoms with Crippen LogP contribution in [0.25, 0.3) is 0 Å². The number of ether oxygens (including phenoxy) is 4. The van der Waals surface area contributed by atoms with Crippen LogP contribution in [0.15, 0.2) is 18.2 Å². The molecule has 1 aromatic carbocycles. The van der Waals surface area contributed by atoms with Crippen molar-refractivity contribution in [3.63, 3.8) is 0 Å². The van der Waals surface area contributed by atoms with E-state index in [1.807, 2.05) is 0 Å². The van der Waals surface area contributed by atoms with Gasteiger partial charge in [-0.3, -0.25) is 14.4 Å². The van der Waals surface area contributed by atoms with E-state index >= 15 is 0 Å². The highest BCUT2D eigenvalue weighted by Crippen LogP contribution is 2.48. The van der Waals surface area contributed by atoms with Gasteiger partial charge in [0.1, 0.15) is 5.92 Å². The number of aliphatic hydroxyl groups is 1. The fourth-order valence-electron chi connectivity index (χ4n) is 4.09. The minimum atomic E-state index is -1.71. The molecule has 8 nitrogen and oxygen atoms in total. The molecule has 1 fully saturated rings. The molecule has 0 saturated heterocycles. The maximum absolute atomic E-state index is 13.1. The zero-order valence-electron chi connectivity index (χ0n) is 19.1. The molecule has 0 unspecified atom stereocenters. The van der Waals surface area contributed by atoms with Crippen molar-refractivity contribution in [2.45, 2.75) is 64.8 Å². The van der Waals surface area contributed by atoms with E-state index in [2.05, 4.69) is 0 Å². The summed E-state index contributed by atoms with van der Waals surface area (Å²) in [5.74, 6) is -4.56. The average Bonchev–Trinajstić information content (AvgIpc) is 2.64. The van der Waals surface area contributed by atoms with Gasteiger partial charge in [-0.2, -0.15) is 0 Å². The first-order valence-corrected chi connectivity index (χ1v) is 10.3. The first-order chi connectivity index (χ1) is 14.4. The van der Waals surface area contributed by atoms with E-state index in [0.29, 0.717) is 17.1 Å².